The van der Waals surface area contributed by atoms with E-state index in [0.29, 0.717) is 16.9 Å². The molecule has 0 bridgehead atoms. The third-order valence-corrected chi connectivity index (χ3v) is 5.99. The van der Waals surface area contributed by atoms with E-state index < -0.39 is 6.09 Å². The Balaban J connectivity index is 1.65. The number of thiazole rings is 1. The summed E-state index contributed by atoms with van der Waals surface area (Å²) in [6, 6.07) is 9.74. The summed E-state index contributed by atoms with van der Waals surface area (Å²) in [6.45, 7) is 4.52. The maximum Gasteiger partial charge on any atom is 0.412 e. The van der Waals surface area contributed by atoms with Crippen molar-refractivity contribution in [2.75, 3.05) is 25.0 Å². The second kappa shape index (κ2) is 8.17. The predicted molar refractivity (Wildman–Crippen MR) is 102 cm³/mol. The number of benzene rings is 1. The molecule has 1 aliphatic rings. The Bertz CT molecular complexity index is 714. The summed E-state index contributed by atoms with van der Waals surface area (Å²) < 4.78 is 5.91. The number of halogens is 1. The zero-order chi connectivity index (χ0) is 17.7. The van der Waals surface area contributed by atoms with Crippen LogP contribution in [0, 0.1) is 5.41 Å². The van der Waals surface area contributed by atoms with Crippen LogP contribution in [0.4, 0.5) is 10.6 Å². The lowest BCUT2D eigenvalue weighted by Crippen LogP contribution is -2.40. The van der Waals surface area contributed by atoms with Crippen LogP contribution >= 0.6 is 22.9 Å². The molecule has 2 aromatic rings. The number of nitrogens with one attached hydrogen (secondary N) is 2. The van der Waals surface area contributed by atoms with Gasteiger partial charge in [-0.2, -0.15) is 0 Å². The number of hydrogen-bond acceptors (Lipinski definition) is 5. The lowest BCUT2D eigenvalue weighted by Gasteiger charge is -2.36. The van der Waals surface area contributed by atoms with Crippen molar-refractivity contribution >= 4 is 34.8 Å². The van der Waals surface area contributed by atoms with Crippen molar-refractivity contribution < 1.29 is 9.53 Å². The Labute approximate surface area is 156 Å². The van der Waals surface area contributed by atoms with Crippen molar-refractivity contribution in [2.45, 2.75) is 26.2 Å². The topological polar surface area (TPSA) is 63.2 Å². The number of anilines is 1. The second-order valence-electron chi connectivity index (χ2n) is 6.32. The Morgan fingerprint density at radius 3 is 2.76 bits per heavy atom. The molecule has 0 spiro atoms. The van der Waals surface area contributed by atoms with E-state index in [4.69, 9.17) is 16.3 Å². The minimum absolute atomic E-state index is 0.0740. The van der Waals surface area contributed by atoms with E-state index in [1.54, 1.807) is 0 Å². The molecule has 134 valence electrons. The van der Waals surface area contributed by atoms with Crippen LogP contribution in [0.15, 0.2) is 30.3 Å². The summed E-state index contributed by atoms with van der Waals surface area (Å²) in [5.74, 6) is 0.446. The number of rotatable bonds is 5. The monoisotopic (exact) mass is 379 g/mol. The van der Waals surface area contributed by atoms with Gasteiger partial charge in [-0.25, -0.2) is 9.78 Å². The molecule has 3 rings (SSSR count). The Kier molecular flexibility index (Phi) is 5.93. The lowest BCUT2D eigenvalue weighted by atomic mass is 9.77. The largest absolute Gasteiger partial charge is 0.449 e. The molecule has 1 amide bonds. The van der Waals surface area contributed by atoms with Crippen LogP contribution in [0.1, 0.15) is 26.2 Å². The molecular formula is C18H22ClN3O2S. The van der Waals surface area contributed by atoms with E-state index in [1.165, 1.54) is 11.3 Å². The summed E-state index contributed by atoms with van der Waals surface area (Å²) in [6.07, 6.45) is 2.56. The minimum atomic E-state index is -0.481. The van der Waals surface area contributed by atoms with Crippen molar-refractivity contribution in [3.63, 3.8) is 0 Å². The SMILES string of the molecule is CCC1(COC(=O)Nc2nc(Cl)sc2-c2ccccc2)CCNCC1. The van der Waals surface area contributed by atoms with Crippen LogP contribution in [-0.2, 0) is 4.74 Å². The highest BCUT2D eigenvalue weighted by Crippen LogP contribution is 2.36. The van der Waals surface area contributed by atoms with Crippen LogP contribution in [0.5, 0.6) is 0 Å². The molecule has 25 heavy (non-hydrogen) atoms. The highest BCUT2D eigenvalue weighted by Gasteiger charge is 2.31. The molecule has 0 unspecified atom stereocenters. The van der Waals surface area contributed by atoms with Crippen LogP contribution in [-0.4, -0.2) is 30.8 Å². The number of nitrogens with zero attached hydrogens (tertiary/aromatic N) is 1. The molecule has 0 atom stereocenters. The third kappa shape index (κ3) is 4.51. The van der Waals surface area contributed by atoms with E-state index in [9.17, 15) is 4.79 Å². The van der Waals surface area contributed by atoms with Gasteiger partial charge in [-0.3, -0.25) is 5.32 Å². The standard InChI is InChI=1S/C18H22ClN3O2S/c1-2-18(8-10-20-11-9-18)12-24-17(23)22-15-14(25-16(19)21-15)13-6-4-3-5-7-13/h3-7,20H,2,8-12H2,1H3,(H,22,23). The predicted octanol–water partition coefficient (Wildman–Crippen LogP) is 4.79. The smallest absolute Gasteiger partial charge is 0.412 e. The molecule has 1 aromatic heterocycles. The number of ether oxygens (including phenoxy) is 1. The van der Waals surface area contributed by atoms with E-state index >= 15 is 0 Å². The zero-order valence-corrected chi connectivity index (χ0v) is 15.8. The van der Waals surface area contributed by atoms with Crippen LogP contribution in [0.25, 0.3) is 10.4 Å². The molecule has 0 saturated carbocycles. The first-order valence-electron chi connectivity index (χ1n) is 8.48. The molecule has 2 heterocycles. The second-order valence-corrected chi connectivity index (χ2v) is 7.90. The maximum absolute atomic E-state index is 12.3. The van der Waals surface area contributed by atoms with Gasteiger partial charge in [0.15, 0.2) is 10.3 Å². The van der Waals surface area contributed by atoms with Gasteiger partial charge in [0.2, 0.25) is 0 Å². The summed E-state index contributed by atoms with van der Waals surface area (Å²) in [5.41, 5.74) is 1.04. The first-order valence-corrected chi connectivity index (χ1v) is 9.67. The van der Waals surface area contributed by atoms with Gasteiger partial charge in [-0.1, -0.05) is 48.9 Å². The average molecular weight is 380 g/mol. The molecule has 1 aromatic carbocycles. The molecule has 0 radical (unpaired) electrons. The first kappa shape index (κ1) is 18.2. The quantitative estimate of drug-likeness (QED) is 0.783. The lowest BCUT2D eigenvalue weighted by molar-refractivity contribution is 0.0646. The normalized spacial score (nSPS) is 16.4. The van der Waals surface area contributed by atoms with Crippen molar-refractivity contribution in [3.05, 3.63) is 34.8 Å². The summed E-state index contributed by atoms with van der Waals surface area (Å²) in [4.78, 5) is 17.3. The molecule has 0 aliphatic carbocycles. The van der Waals surface area contributed by atoms with Crippen molar-refractivity contribution in [1.29, 1.82) is 0 Å². The molecule has 1 fully saturated rings. The van der Waals surface area contributed by atoms with Crippen molar-refractivity contribution in [2.24, 2.45) is 5.41 Å². The van der Waals surface area contributed by atoms with Gasteiger partial charge >= 0.3 is 6.09 Å². The Morgan fingerprint density at radius 1 is 1.36 bits per heavy atom. The average Bonchev–Trinajstić information content (AvgIpc) is 3.02. The van der Waals surface area contributed by atoms with Gasteiger partial charge in [0.05, 0.1) is 11.5 Å². The first-order chi connectivity index (χ1) is 12.1. The number of carbonyl (C=O) groups excluding carboxylic acids is 1. The summed E-state index contributed by atoms with van der Waals surface area (Å²) in [7, 11) is 0. The van der Waals surface area contributed by atoms with E-state index in [1.807, 2.05) is 30.3 Å². The van der Waals surface area contributed by atoms with E-state index in [2.05, 4.69) is 22.5 Å². The Hall–Kier alpha value is -1.63. The van der Waals surface area contributed by atoms with Gasteiger partial charge in [0.25, 0.3) is 0 Å². The van der Waals surface area contributed by atoms with Crippen molar-refractivity contribution in [1.82, 2.24) is 10.3 Å². The summed E-state index contributed by atoms with van der Waals surface area (Å²) >= 11 is 7.39. The highest BCUT2D eigenvalue weighted by atomic mass is 35.5. The zero-order valence-electron chi connectivity index (χ0n) is 14.2. The van der Waals surface area contributed by atoms with Crippen LogP contribution in [0.3, 0.4) is 0 Å². The van der Waals surface area contributed by atoms with Crippen LogP contribution < -0.4 is 10.6 Å². The molecule has 2 N–H and O–H groups in total. The van der Waals surface area contributed by atoms with Gasteiger partial charge in [0.1, 0.15) is 0 Å². The van der Waals surface area contributed by atoms with E-state index in [0.717, 1.165) is 42.8 Å². The van der Waals surface area contributed by atoms with Gasteiger partial charge in [-0.05, 0) is 37.9 Å². The molecule has 1 aliphatic heterocycles. The minimum Gasteiger partial charge on any atom is -0.449 e. The Morgan fingerprint density at radius 2 is 2.08 bits per heavy atom. The number of piperidine rings is 1. The van der Waals surface area contributed by atoms with Crippen molar-refractivity contribution in [3.8, 4) is 10.4 Å². The molecule has 7 heteroatoms. The number of carbonyl (C=O) groups is 1. The van der Waals surface area contributed by atoms with Gasteiger partial charge in [0, 0.05) is 5.41 Å². The van der Waals surface area contributed by atoms with Gasteiger partial charge in [-0.15, -0.1) is 11.3 Å². The fraction of sp³-hybridized carbons (Fsp3) is 0.444. The molecule has 1 saturated heterocycles. The summed E-state index contributed by atoms with van der Waals surface area (Å²) in [5, 5.41) is 6.10. The number of amides is 1. The van der Waals surface area contributed by atoms with E-state index in [-0.39, 0.29) is 5.41 Å². The number of hydrogen-bond donors (Lipinski definition) is 2. The highest BCUT2D eigenvalue weighted by molar-refractivity contribution is 7.19. The number of aromatic nitrogens is 1. The molecule has 5 nitrogen and oxygen atoms in total. The van der Waals surface area contributed by atoms with Gasteiger partial charge < -0.3 is 10.1 Å². The molecular weight excluding hydrogens is 358 g/mol. The van der Waals surface area contributed by atoms with Crippen LogP contribution in [0.2, 0.25) is 4.47 Å². The fourth-order valence-corrected chi connectivity index (χ4v) is 4.14. The fourth-order valence-electron chi connectivity index (χ4n) is 3.07. The maximum atomic E-state index is 12.3. The third-order valence-electron chi connectivity index (χ3n) is 4.78.